The molecule has 8 bridgehead atoms. The number of aromatic carboxylic acids is 1. The predicted molar refractivity (Wildman–Crippen MR) is 445 cm³/mol. The quantitative estimate of drug-likeness (QED) is 0.0360. The van der Waals surface area contributed by atoms with E-state index in [-0.39, 0.29) is 47.0 Å². The van der Waals surface area contributed by atoms with Crippen molar-refractivity contribution < 1.29 is 84.6 Å². The maximum atomic E-state index is 11.6. The molecule has 115 heavy (non-hydrogen) atoms. The number of carboxylic acids is 7. The van der Waals surface area contributed by atoms with Crippen LogP contribution in [0, 0.1) is 53.3 Å². The zero-order valence-electron chi connectivity index (χ0n) is 65.9. The topological polar surface area (TPSA) is 322 Å². The van der Waals surface area contributed by atoms with Crippen LogP contribution in [-0.4, -0.2) is 92.9 Å². The first-order chi connectivity index (χ1) is 54.9. The van der Waals surface area contributed by atoms with E-state index in [2.05, 4.69) is 31.2 Å². The number of benzene rings is 10. The molecule has 10 aromatic carbocycles. The molecule has 0 spiro atoms. The third-order valence-electron chi connectivity index (χ3n) is 24.1. The molecule has 10 N–H and O–H groups in total. The normalized spacial score (nSPS) is 20.1. The molecular weight excluding hydrogens is 1450 g/mol. The molecule has 0 radical (unpaired) electrons. The van der Waals surface area contributed by atoms with E-state index in [1.54, 1.807) is 91.9 Å². The lowest BCUT2D eigenvalue weighted by molar-refractivity contribution is -0.164. The standard InChI is InChI=1S/C17H18O4.C17H18O2.C15H14O2.C12H18O2.C11H16O2.C11H8O2.C8H8O2.C7H8O/c1-17(11-10-16(20)21,12-2-6-14(18)7-3-12)13-4-8-15(19)9-5-13;1-17(13-12-16(18)19,14-8-4-2-5-9-14)15-10-6-3-7-11-15;1-15(14(16)17,12-8-4-2-5-9-12)13-10-6-3-7-11-13;13-11(14)7-12-4-8-1-9(5-12)3-10(2-8)6-12;12-10(13)11-4-7-1-8(5-11)3-9(2-7)6-11;12-11(13)10-7-3-5-8-4-1-2-6-9(8)10;9-8(10)6-7-4-2-1-3-5-7;1-6-2-4-7(8)5-3-6/h2-9,18-19H,10-11H2,1H3,(H,20,21);2-11H,12-13H2,1H3,(H,18,19);2-11H,1H3,(H,16,17);8-10H,1-7H2,(H,13,14);7-9H,1-6H2,(H,12,13);1-7H,(H,12,13);1-5H,6H2,(H,9,10);2-5,8H,1H3. The van der Waals surface area contributed by atoms with Crippen LogP contribution in [0.5, 0.6) is 17.2 Å². The molecule has 8 aliphatic rings. The van der Waals surface area contributed by atoms with Crippen LogP contribution in [0.4, 0.5) is 0 Å². The largest absolute Gasteiger partial charge is 0.508 e. The molecule has 0 unspecified atom stereocenters. The first-order valence-corrected chi connectivity index (χ1v) is 39.6. The second kappa shape index (κ2) is 40.2. The highest BCUT2D eigenvalue weighted by Crippen LogP contribution is 2.62. The number of phenols is 3. The summed E-state index contributed by atoms with van der Waals surface area (Å²) in [5, 5.41) is 92.3. The molecule has 8 aliphatic carbocycles. The van der Waals surface area contributed by atoms with Crippen LogP contribution in [0.15, 0.2) is 267 Å². The summed E-state index contributed by atoms with van der Waals surface area (Å²) in [6.07, 6.45) is 16.5. The fourth-order valence-electron chi connectivity index (χ4n) is 18.8. The number of aryl methyl sites for hydroxylation is 1. The van der Waals surface area contributed by atoms with Crippen molar-refractivity contribution in [3.8, 4) is 17.2 Å². The number of aromatic hydroxyl groups is 3. The Labute approximate surface area is 673 Å². The van der Waals surface area contributed by atoms with Crippen LogP contribution in [-0.2, 0) is 51.4 Å². The fraction of sp³-hybridized carbons (Fsp3) is 0.337. The minimum Gasteiger partial charge on any atom is -0.508 e. The number of hydrogen-bond acceptors (Lipinski definition) is 10. The molecule has 10 aromatic rings. The fourth-order valence-corrected chi connectivity index (χ4v) is 18.8. The van der Waals surface area contributed by atoms with Crippen LogP contribution < -0.4 is 0 Å². The van der Waals surface area contributed by atoms with Crippen LogP contribution in [0.3, 0.4) is 0 Å². The third kappa shape index (κ3) is 24.1. The van der Waals surface area contributed by atoms with E-state index in [1.165, 1.54) is 63.4 Å². The van der Waals surface area contributed by atoms with Gasteiger partial charge in [0, 0.05) is 23.7 Å². The van der Waals surface area contributed by atoms with Gasteiger partial charge < -0.3 is 51.1 Å². The Morgan fingerprint density at radius 2 is 0.670 bits per heavy atom. The average molecular weight is 1560 g/mol. The first kappa shape index (κ1) is 87.1. The van der Waals surface area contributed by atoms with Gasteiger partial charge in [-0.05, 0) is 237 Å². The van der Waals surface area contributed by atoms with Gasteiger partial charge in [-0.15, -0.1) is 0 Å². The van der Waals surface area contributed by atoms with Gasteiger partial charge in [0.1, 0.15) is 22.7 Å². The Hall–Kier alpha value is -11.9. The van der Waals surface area contributed by atoms with Gasteiger partial charge in [-0.1, -0.05) is 244 Å². The highest BCUT2D eigenvalue weighted by molar-refractivity contribution is 6.03. The van der Waals surface area contributed by atoms with Gasteiger partial charge in [0.05, 0.1) is 23.8 Å². The summed E-state index contributed by atoms with van der Waals surface area (Å²) >= 11 is 0. The summed E-state index contributed by atoms with van der Waals surface area (Å²) in [6.45, 7) is 7.80. The van der Waals surface area contributed by atoms with E-state index in [0.717, 1.165) is 104 Å². The summed E-state index contributed by atoms with van der Waals surface area (Å²) in [4.78, 5) is 76.6. The van der Waals surface area contributed by atoms with Gasteiger partial charge in [0.25, 0.3) is 0 Å². The zero-order valence-corrected chi connectivity index (χ0v) is 65.9. The molecule has 17 nitrogen and oxygen atoms in total. The average Bonchev–Trinajstić information content (AvgIpc) is 0.731. The summed E-state index contributed by atoms with van der Waals surface area (Å²) in [5.41, 5.74) is 6.29. The molecule has 8 fully saturated rings. The number of aliphatic carboxylic acids is 6. The number of hydrogen-bond donors (Lipinski definition) is 10. The number of carboxylic acid groups (broad SMARTS) is 7. The minimum atomic E-state index is -0.998. The molecule has 0 heterocycles. The van der Waals surface area contributed by atoms with Crippen LogP contribution in [0.25, 0.3) is 10.8 Å². The third-order valence-corrected chi connectivity index (χ3v) is 24.1. The minimum absolute atomic E-state index is 0.0399. The Bertz CT molecular complexity index is 4580. The monoisotopic (exact) mass is 1560 g/mol. The van der Waals surface area contributed by atoms with Crippen molar-refractivity contribution in [2.45, 2.75) is 160 Å². The van der Waals surface area contributed by atoms with Gasteiger partial charge in [-0.2, -0.15) is 0 Å². The van der Waals surface area contributed by atoms with Crippen LogP contribution in [0.2, 0.25) is 0 Å². The van der Waals surface area contributed by atoms with E-state index in [0.29, 0.717) is 30.6 Å². The van der Waals surface area contributed by atoms with Crippen LogP contribution in [0.1, 0.15) is 185 Å². The maximum Gasteiger partial charge on any atom is 0.336 e. The maximum absolute atomic E-state index is 11.6. The second-order valence-corrected chi connectivity index (χ2v) is 32.7. The number of rotatable bonds is 19. The van der Waals surface area contributed by atoms with Crippen molar-refractivity contribution in [1.82, 2.24) is 0 Å². The van der Waals surface area contributed by atoms with Crippen molar-refractivity contribution in [1.29, 1.82) is 0 Å². The van der Waals surface area contributed by atoms with Crippen LogP contribution >= 0.6 is 0 Å². The zero-order chi connectivity index (χ0) is 82.9. The van der Waals surface area contributed by atoms with E-state index in [4.69, 9.17) is 30.6 Å². The van der Waals surface area contributed by atoms with Gasteiger partial charge in [0.15, 0.2) is 0 Å². The summed E-state index contributed by atoms with van der Waals surface area (Å²) in [6, 6.07) is 81.3. The SMILES string of the molecule is CC(C(=O)O)(c1ccccc1)c1ccccc1.CC(CCC(=O)O)(c1ccc(O)cc1)c1ccc(O)cc1.CC(CCC(=O)O)(c1ccccc1)c1ccccc1.Cc1ccc(O)cc1.O=C(O)C12CC3CC(CC(C3)C1)C2.O=C(O)CC12CC3CC(CC(C3)C1)C2.O=C(O)Cc1ccccc1.O=C(O)c1cccc2ccccc12. The van der Waals surface area contributed by atoms with Gasteiger partial charge in [-0.3, -0.25) is 28.8 Å². The van der Waals surface area contributed by atoms with E-state index >= 15 is 0 Å². The van der Waals surface area contributed by atoms with Crippen molar-refractivity contribution in [2.75, 3.05) is 0 Å². The molecule has 18 rings (SSSR count). The number of phenolic OH excluding ortho intramolecular Hbond substituents is 3. The molecule has 0 atom stereocenters. The molecule has 8 saturated carbocycles. The summed E-state index contributed by atoms with van der Waals surface area (Å²) in [5.74, 6) is 0.368. The lowest BCUT2D eigenvalue weighted by atomic mass is 9.49. The van der Waals surface area contributed by atoms with Gasteiger partial charge >= 0.3 is 41.8 Å². The molecule has 0 amide bonds. The Morgan fingerprint density at radius 3 is 1.00 bits per heavy atom. The number of fused-ring (bicyclic) bond motifs is 1. The highest BCUT2D eigenvalue weighted by atomic mass is 16.4. The Kier molecular flexibility index (Phi) is 30.5. The summed E-state index contributed by atoms with van der Waals surface area (Å²) in [7, 11) is 0. The summed E-state index contributed by atoms with van der Waals surface area (Å²) < 4.78 is 0. The van der Waals surface area contributed by atoms with Gasteiger partial charge in [0.2, 0.25) is 0 Å². The second-order valence-electron chi connectivity index (χ2n) is 32.7. The van der Waals surface area contributed by atoms with E-state index in [9.17, 15) is 54.0 Å². The van der Waals surface area contributed by atoms with Gasteiger partial charge in [-0.25, -0.2) is 4.79 Å². The molecule has 17 heteroatoms. The van der Waals surface area contributed by atoms with E-state index in [1.807, 2.05) is 172 Å². The molecule has 602 valence electrons. The van der Waals surface area contributed by atoms with E-state index < -0.39 is 52.6 Å². The van der Waals surface area contributed by atoms with Crippen molar-refractivity contribution in [3.63, 3.8) is 0 Å². The predicted octanol–water partition coefficient (Wildman–Crippen LogP) is 20.7. The highest BCUT2D eigenvalue weighted by Gasteiger charge is 2.55. The smallest absolute Gasteiger partial charge is 0.336 e. The Morgan fingerprint density at radius 1 is 0.348 bits per heavy atom. The Balaban J connectivity index is 0.000000152. The first-order valence-electron chi connectivity index (χ1n) is 39.6. The molecular formula is C98H108O17. The van der Waals surface area contributed by atoms with Crippen molar-refractivity contribution >= 4 is 52.6 Å². The lowest BCUT2D eigenvalue weighted by Gasteiger charge is -2.56. The van der Waals surface area contributed by atoms with Crippen molar-refractivity contribution in [3.05, 3.63) is 317 Å². The molecule has 0 aromatic heterocycles. The van der Waals surface area contributed by atoms with Crippen molar-refractivity contribution in [2.24, 2.45) is 46.3 Å². The molecule has 0 saturated heterocycles. The number of carbonyl (C=O) groups is 7. The molecule has 0 aliphatic heterocycles. The lowest BCUT2D eigenvalue weighted by Crippen LogP contribution is -2.49.